The summed E-state index contributed by atoms with van der Waals surface area (Å²) >= 11 is 0. The van der Waals surface area contributed by atoms with Gasteiger partial charge in [0, 0.05) is 20.6 Å². The Morgan fingerprint density at radius 2 is 1.13 bits per heavy atom. The summed E-state index contributed by atoms with van der Waals surface area (Å²) < 4.78 is 11.0. The van der Waals surface area contributed by atoms with Crippen molar-refractivity contribution >= 4 is 5.78 Å². The van der Waals surface area contributed by atoms with E-state index < -0.39 is 0 Å². The number of ether oxygens (including phenoxy) is 2. The van der Waals surface area contributed by atoms with Crippen LogP contribution in [0.15, 0.2) is 59.8 Å². The van der Waals surface area contributed by atoms with Gasteiger partial charge in [-0.05, 0) is 129 Å². The molecule has 0 heterocycles. The predicted octanol–water partition coefficient (Wildman–Crippen LogP) is 12.6. The van der Waals surface area contributed by atoms with E-state index in [2.05, 4.69) is 91.0 Å². The van der Waals surface area contributed by atoms with Gasteiger partial charge in [0.2, 0.25) is 0 Å². The summed E-state index contributed by atoms with van der Waals surface area (Å²) in [5, 5.41) is 0. The molecule has 0 N–H and O–H groups in total. The fourth-order valence-corrected chi connectivity index (χ4v) is 5.30. The molecule has 3 nitrogen and oxygen atoms in total. The highest BCUT2D eigenvalue weighted by atomic mass is 16.5. The second-order valence-corrected chi connectivity index (χ2v) is 15.2. The van der Waals surface area contributed by atoms with Gasteiger partial charge in [0.05, 0.1) is 11.2 Å². The largest absolute Gasteiger partial charge is 0.379 e. The lowest BCUT2D eigenvalue weighted by molar-refractivity contribution is -0.116. The molecule has 260 valence electrons. The molecule has 3 heteroatoms. The Hall–Kier alpha value is -1.71. The molecule has 0 aromatic carbocycles. The van der Waals surface area contributed by atoms with E-state index in [4.69, 9.17) is 9.47 Å². The van der Waals surface area contributed by atoms with Crippen LogP contribution in [0.4, 0.5) is 0 Å². The number of Topliss-reactive ketones (excluding diaryl/α,β-unsaturated/α-hetero) is 1. The monoisotopic (exact) mass is 627 g/mol. The maximum absolute atomic E-state index is 12.4. The molecule has 0 amide bonds. The van der Waals surface area contributed by atoms with Gasteiger partial charge in [-0.15, -0.1) is 0 Å². The third kappa shape index (κ3) is 25.1. The van der Waals surface area contributed by atoms with Gasteiger partial charge in [0.25, 0.3) is 0 Å². The summed E-state index contributed by atoms with van der Waals surface area (Å²) in [6.45, 7) is 21.9. The topological polar surface area (TPSA) is 35.5 Å². The molecule has 0 aliphatic rings. The van der Waals surface area contributed by atoms with E-state index in [1.54, 1.807) is 7.11 Å². The lowest BCUT2D eigenvalue weighted by atomic mass is 9.94. The first kappa shape index (κ1) is 43.3. The van der Waals surface area contributed by atoms with E-state index in [0.717, 1.165) is 24.3 Å². The Morgan fingerprint density at radius 1 is 0.644 bits per heavy atom. The molecule has 0 fully saturated rings. The number of hydrogen-bond acceptors (Lipinski definition) is 3. The molecule has 0 saturated carbocycles. The van der Waals surface area contributed by atoms with Crippen LogP contribution in [0.25, 0.3) is 0 Å². The maximum Gasteiger partial charge on any atom is 0.158 e. The van der Waals surface area contributed by atoms with Gasteiger partial charge in [0.15, 0.2) is 5.78 Å². The molecule has 0 bridgehead atoms. The third-order valence-corrected chi connectivity index (χ3v) is 9.45. The van der Waals surface area contributed by atoms with Gasteiger partial charge in [0.1, 0.15) is 0 Å². The zero-order chi connectivity index (χ0) is 34.3. The summed E-state index contributed by atoms with van der Waals surface area (Å²) in [6, 6.07) is 0. The summed E-state index contributed by atoms with van der Waals surface area (Å²) in [5.41, 5.74) is 2.11. The van der Waals surface area contributed by atoms with Crippen LogP contribution in [-0.4, -0.2) is 31.2 Å². The van der Waals surface area contributed by atoms with E-state index in [1.165, 1.54) is 69.8 Å². The van der Waals surface area contributed by atoms with Crippen molar-refractivity contribution in [3.63, 3.8) is 0 Å². The molecule has 0 rings (SSSR count). The van der Waals surface area contributed by atoms with Crippen molar-refractivity contribution in [1.29, 1.82) is 0 Å². The number of ketones is 1. The molecule has 0 aliphatic heterocycles. The van der Waals surface area contributed by atoms with Crippen molar-refractivity contribution in [2.45, 2.75) is 164 Å². The van der Waals surface area contributed by atoms with Crippen LogP contribution >= 0.6 is 0 Å². The number of carbonyl (C=O) groups excluding carboxylic acids is 1. The average Bonchev–Trinajstić information content (AvgIpc) is 2.98. The number of allylic oxidation sites excluding steroid dienone is 10. The van der Waals surface area contributed by atoms with Gasteiger partial charge < -0.3 is 9.47 Å². The van der Waals surface area contributed by atoms with Crippen LogP contribution in [0.1, 0.15) is 153 Å². The van der Waals surface area contributed by atoms with Crippen LogP contribution in [0.5, 0.6) is 0 Å². The molecule has 4 atom stereocenters. The highest BCUT2D eigenvalue weighted by Crippen LogP contribution is 2.22. The zero-order valence-corrected chi connectivity index (χ0v) is 31.8. The molecule has 45 heavy (non-hydrogen) atoms. The maximum atomic E-state index is 12.4. The van der Waals surface area contributed by atoms with Crippen LogP contribution < -0.4 is 0 Å². The highest BCUT2D eigenvalue weighted by molar-refractivity contribution is 5.95. The molecule has 4 unspecified atom stereocenters. The third-order valence-electron chi connectivity index (χ3n) is 9.45. The van der Waals surface area contributed by atoms with Crippen LogP contribution in [0.3, 0.4) is 0 Å². The van der Waals surface area contributed by atoms with E-state index in [1.807, 2.05) is 34.0 Å². The molecule has 0 aromatic heterocycles. The second-order valence-electron chi connectivity index (χ2n) is 15.2. The fourth-order valence-electron chi connectivity index (χ4n) is 5.30. The lowest BCUT2D eigenvalue weighted by Crippen LogP contribution is -2.23. The summed E-state index contributed by atoms with van der Waals surface area (Å²) in [5.74, 6) is 2.74. The van der Waals surface area contributed by atoms with Crippen LogP contribution in [0.2, 0.25) is 0 Å². The van der Waals surface area contributed by atoms with Crippen molar-refractivity contribution in [3.05, 3.63) is 59.8 Å². The Balaban J connectivity index is 4.14. The second kappa shape index (κ2) is 24.5. The number of carbonyl (C=O) groups is 1. The standard InChI is InChI=1S/C42H74O3/c1-34(22-15-24-36(3)25-17-27-38(5)29-19-32-41(7,8)44-11)20-13-14-21-35(2)23-16-26-37(4)28-18-30-39(6)40(43)31-33-42(9,10)45-12/h13-14,18,20-21,27-28,30,34-37H,15-17,19,22-26,29,31-33H2,1-12H3/b20-13+,21-14+,28-18+,38-27+,39-30+. The minimum atomic E-state index is -0.250. The summed E-state index contributed by atoms with van der Waals surface area (Å²) in [7, 11) is 3.51. The molecule has 0 aromatic rings. The zero-order valence-electron chi connectivity index (χ0n) is 31.8. The van der Waals surface area contributed by atoms with E-state index >= 15 is 0 Å². The Bertz CT molecular complexity index is 930. The summed E-state index contributed by atoms with van der Waals surface area (Å²) in [6.07, 6.45) is 32.7. The van der Waals surface area contributed by atoms with E-state index in [-0.39, 0.29) is 17.0 Å². The smallest absolute Gasteiger partial charge is 0.158 e. The Morgan fingerprint density at radius 3 is 1.67 bits per heavy atom. The minimum absolute atomic E-state index is 0.000444. The SMILES string of the molecule is COC(C)(C)CCC/C(C)=C/CCC(C)CCCC(C)/C=C/C=C/C(C)CCCC(C)/C=C/C=C(\C)C(=O)CCC(C)(C)OC. The quantitative estimate of drug-likeness (QED) is 0.0544. The van der Waals surface area contributed by atoms with Gasteiger partial charge in [-0.25, -0.2) is 0 Å². The average molecular weight is 627 g/mol. The van der Waals surface area contributed by atoms with Crippen molar-refractivity contribution < 1.29 is 14.3 Å². The van der Waals surface area contributed by atoms with Gasteiger partial charge in [-0.1, -0.05) is 101 Å². The van der Waals surface area contributed by atoms with Gasteiger partial charge >= 0.3 is 0 Å². The van der Waals surface area contributed by atoms with Crippen LogP contribution in [0, 0.1) is 23.7 Å². The first-order valence-corrected chi connectivity index (χ1v) is 18.1. The first-order valence-electron chi connectivity index (χ1n) is 18.1. The van der Waals surface area contributed by atoms with Gasteiger partial charge in [-0.2, -0.15) is 0 Å². The minimum Gasteiger partial charge on any atom is -0.379 e. The fraction of sp³-hybridized carbons (Fsp3) is 0.738. The van der Waals surface area contributed by atoms with Gasteiger partial charge in [-0.3, -0.25) is 4.79 Å². The number of hydrogen-bond donors (Lipinski definition) is 0. The number of methoxy groups -OCH3 is 2. The summed E-state index contributed by atoms with van der Waals surface area (Å²) in [4.78, 5) is 12.4. The van der Waals surface area contributed by atoms with Crippen molar-refractivity contribution in [1.82, 2.24) is 0 Å². The number of rotatable bonds is 26. The molecule has 0 saturated heterocycles. The van der Waals surface area contributed by atoms with E-state index in [9.17, 15) is 4.79 Å². The molecular weight excluding hydrogens is 552 g/mol. The predicted molar refractivity (Wildman–Crippen MR) is 199 cm³/mol. The lowest BCUT2D eigenvalue weighted by Gasteiger charge is -2.22. The van der Waals surface area contributed by atoms with Crippen LogP contribution in [-0.2, 0) is 14.3 Å². The molecule has 0 spiro atoms. The Kier molecular flexibility index (Phi) is 23.5. The van der Waals surface area contributed by atoms with Crippen molar-refractivity contribution in [3.8, 4) is 0 Å². The van der Waals surface area contributed by atoms with Crippen molar-refractivity contribution in [2.75, 3.05) is 14.2 Å². The Labute approximate surface area is 281 Å². The molecule has 0 aliphatic carbocycles. The van der Waals surface area contributed by atoms with E-state index in [0.29, 0.717) is 24.2 Å². The first-order chi connectivity index (χ1) is 21.1. The van der Waals surface area contributed by atoms with Crippen molar-refractivity contribution in [2.24, 2.45) is 23.7 Å². The highest BCUT2D eigenvalue weighted by Gasteiger charge is 2.18. The molecule has 0 radical (unpaired) electrons. The molecular formula is C42H74O3. The normalized spacial score (nSPS) is 16.6.